The van der Waals surface area contributed by atoms with Crippen molar-refractivity contribution in [2.24, 2.45) is 41.2 Å². The Morgan fingerprint density at radius 2 is 1.10 bits per heavy atom. The number of likely N-dealkylation sites (tertiary alicyclic amines) is 1. The summed E-state index contributed by atoms with van der Waals surface area (Å²) in [4.78, 5) is 138. The maximum Gasteiger partial charge on any atom is 0.246 e. The van der Waals surface area contributed by atoms with Gasteiger partial charge in [0.2, 0.25) is 59.1 Å². The molecule has 9 unspecified atom stereocenters. The number of nitrogens with zero attached hydrogens (tertiary/aromatic N) is 1. The summed E-state index contributed by atoms with van der Waals surface area (Å²) in [5.74, 6) is -7.11. The van der Waals surface area contributed by atoms with E-state index in [-0.39, 0.29) is 86.2 Å². The average Bonchev–Trinajstić information content (AvgIpc) is 3.71. The first-order valence-corrected chi connectivity index (χ1v) is 27.5. The van der Waals surface area contributed by atoms with Crippen molar-refractivity contribution in [1.29, 1.82) is 0 Å². The van der Waals surface area contributed by atoms with Gasteiger partial charge in [0, 0.05) is 32.1 Å². The van der Waals surface area contributed by atoms with Crippen LogP contribution >= 0.6 is 0 Å². The lowest BCUT2D eigenvalue weighted by molar-refractivity contribution is -0.140. The number of hydrogen-bond acceptors (Lipinski definition) is 12. The Morgan fingerprint density at radius 3 is 1.61 bits per heavy atom. The molecule has 440 valence electrons. The highest BCUT2D eigenvalue weighted by molar-refractivity contribution is 6.00. The Bertz CT molecular complexity index is 2070. The van der Waals surface area contributed by atoms with Gasteiger partial charge in [-0.3, -0.25) is 47.9 Å². The van der Waals surface area contributed by atoms with Crippen LogP contribution in [-0.4, -0.2) is 148 Å². The van der Waals surface area contributed by atoms with E-state index in [1.807, 2.05) is 68.4 Å². The molecule has 1 fully saturated rings. The summed E-state index contributed by atoms with van der Waals surface area (Å²) in [5, 5.41) is 35.6. The molecule has 12 N–H and O–H groups in total. The Kier molecular flexibility index (Phi) is 28.0. The monoisotopic (exact) mass is 1090 g/mol. The Morgan fingerprint density at radius 1 is 0.623 bits per heavy atom. The van der Waals surface area contributed by atoms with Crippen molar-refractivity contribution in [1.82, 2.24) is 52.8 Å². The number of allylic oxidation sites excluding steroid dienone is 1. The van der Waals surface area contributed by atoms with E-state index in [0.29, 0.717) is 13.0 Å². The second-order valence-electron chi connectivity index (χ2n) is 24.4. The van der Waals surface area contributed by atoms with Crippen LogP contribution in [-0.2, 0) is 47.9 Å². The normalized spacial score (nSPS) is 17.9. The van der Waals surface area contributed by atoms with Crippen molar-refractivity contribution >= 4 is 59.1 Å². The highest BCUT2D eigenvalue weighted by atomic mass is 16.3. The molecule has 77 heavy (non-hydrogen) atoms. The van der Waals surface area contributed by atoms with Gasteiger partial charge in [-0.25, -0.2) is 0 Å². The SMILES string of the molecule is CCC(C)C=CC(=O)N1CC(C)CC1C(=O)NC(CC(C)C)C(=O)NC(C(=O)NC(C)(C)C(=O)NC(CC(C)C)C(=O)NC(CC(C)C)C(=O)NC(C)(C)C(=O)NC(C)(C)C(=O)NCCC(=O)NC(C)CN)C(O)C(C)C. The third-order valence-corrected chi connectivity index (χ3v) is 13.3. The van der Waals surface area contributed by atoms with Crippen LogP contribution in [0.15, 0.2) is 12.2 Å². The van der Waals surface area contributed by atoms with E-state index in [0.717, 1.165) is 6.42 Å². The molecule has 22 heteroatoms. The van der Waals surface area contributed by atoms with Crippen LogP contribution in [0.5, 0.6) is 0 Å². The minimum absolute atomic E-state index is 0.00338. The number of aliphatic hydroxyl groups excluding tert-OH is 1. The van der Waals surface area contributed by atoms with Crippen molar-refractivity contribution in [3.05, 3.63) is 12.2 Å². The smallest absolute Gasteiger partial charge is 0.246 e. The molecular formula is C55H99N11O11. The van der Waals surface area contributed by atoms with Crippen LogP contribution in [0, 0.1) is 35.5 Å². The first-order chi connectivity index (χ1) is 35.4. The van der Waals surface area contributed by atoms with Gasteiger partial charge in [-0.1, -0.05) is 88.7 Å². The molecule has 10 amide bonds. The predicted molar refractivity (Wildman–Crippen MR) is 296 cm³/mol. The lowest BCUT2D eigenvalue weighted by Crippen LogP contribution is -2.66. The van der Waals surface area contributed by atoms with E-state index in [1.54, 1.807) is 20.8 Å². The van der Waals surface area contributed by atoms with Crippen LogP contribution in [0.25, 0.3) is 0 Å². The minimum atomic E-state index is -1.76. The molecule has 1 heterocycles. The van der Waals surface area contributed by atoms with E-state index in [2.05, 4.69) is 47.9 Å². The predicted octanol–water partition coefficient (Wildman–Crippen LogP) is 1.57. The molecule has 9 atom stereocenters. The van der Waals surface area contributed by atoms with Gasteiger partial charge in [-0.05, 0) is 116 Å². The molecule has 0 aromatic rings. The summed E-state index contributed by atoms with van der Waals surface area (Å²) in [5.41, 5.74) is 0.719. The van der Waals surface area contributed by atoms with Gasteiger partial charge < -0.3 is 63.6 Å². The summed E-state index contributed by atoms with van der Waals surface area (Å²) in [6.07, 6.45) is 3.44. The number of nitrogens with one attached hydrogen (secondary N) is 9. The lowest BCUT2D eigenvalue weighted by Gasteiger charge is -2.34. The number of amides is 10. The zero-order chi connectivity index (χ0) is 59.5. The number of carbonyl (C=O) groups is 10. The second kappa shape index (κ2) is 31.1. The fourth-order valence-electron chi connectivity index (χ4n) is 8.26. The molecule has 1 aliphatic heterocycles. The van der Waals surface area contributed by atoms with Gasteiger partial charge in [0.1, 0.15) is 46.8 Å². The lowest BCUT2D eigenvalue weighted by atomic mass is 9.95. The zero-order valence-electron chi connectivity index (χ0n) is 49.6. The molecular weight excluding hydrogens is 991 g/mol. The average molecular weight is 1090 g/mol. The van der Waals surface area contributed by atoms with Crippen molar-refractivity contribution in [3.63, 3.8) is 0 Å². The summed E-state index contributed by atoms with van der Waals surface area (Å²) in [6.45, 7) is 31.2. The van der Waals surface area contributed by atoms with Gasteiger partial charge in [0.05, 0.1) is 6.10 Å². The summed E-state index contributed by atoms with van der Waals surface area (Å²) in [6, 6.07) is -6.26. The first-order valence-electron chi connectivity index (χ1n) is 27.5. The third kappa shape index (κ3) is 23.5. The van der Waals surface area contributed by atoms with Crippen molar-refractivity contribution in [2.45, 2.75) is 222 Å². The highest BCUT2D eigenvalue weighted by Gasteiger charge is 2.43. The van der Waals surface area contributed by atoms with E-state index in [4.69, 9.17) is 5.73 Å². The highest BCUT2D eigenvalue weighted by Crippen LogP contribution is 2.25. The number of carbonyl (C=O) groups excluding carboxylic acids is 10. The summed E-state index contributed by atoms with van der Waals surface area (Å²) in [7, 11) is 0. The van der Waals surface area contributed by atoms with Gasteiger partial charge in [0.15, 0.2) is 0 Å². The number of nitrogens with two attached hydrogens (primary N) is 1. The largest absolute Gasteiger partial charge is 0.390 e. The number of aliphatic hydroxyl groups is 1. The van der Waals surface area contributed by atoms with E-state index < -0.39 is 106 Å². The molecule has 1 saturated heterocycles. The standard InChI is InChI=1S/C55H99N11O11/c1-19-34(10)20-21-42(68)66-29-35(11)27-40(66)48(73)60-37(24-30(2)3)46(71)62-43(44(69)33(8)9)49(74)64-54(15,16)51(76)61-38(25-31(4)5)45(70)59-39(26-32(6)7)47(72)63-55(17,18)52(77)65-53(13,14)50(75)57-23-22-41(67)58-36(12)28-56/h20-21,30-40,43-44,69H,19,22-29,56H2,1-18H3,(H,57,75)(H,58,67)(H,59,70)(H,60,73)(H,61,76)(H,62,71)(H,63,72)(H,64,74)(H,65,77). The molecule has 0 saturated carbocycles. The molecule has 0 aliphatic carbocycles. The topological polar surface area (TPSA) is 328 Å². The molecule has 0 spiro atoms. The van der Waals surface area contributed by atoms with Crippen LogP contribution in [0.1, 0.15) is 163 Å². The molecule has 0 aromatic heterocycles. The second-order valence-corrected chi connectivity index (χ2v) is 24.4. The molecule has 22 nitrogen and oxygen atoms in total. The molecule has 0 bridgehead atoms. The maximum absolute atomic E-state index is 14.2. The van der Waals surface area contributed by atoms with E-state index in [1.165, 1.54) is 52.5 Å². The molecule has 0 aromatic carbocycles. The quantitative estimate of drug-likeness (QED) is 0.0441. The molecule has 1 rings (SSSR count). The van der Waals surface area contributed by atoms with Gasteiger partial charge in [-0.2, -0.15) is 0 Å². The third-order valence-electron chi connectivity index (χ3n) is 13.3. The molecule has 1 aliphatic rings. The number of hydrogen-bond donors (Lipinski definition) is 11. The Hall–Kier alpha value is -5.64. The van der Waals surface area contributed by atoms with Gasteiger partial charge >= 0.3 is 0 Å². The van der Waals surface area contributed by atoms with Gasteiger partial charge in [0.25, 0.3) is 0 Å². The molecule has 0 radical (unpaired) electrons. The van der Waals surface area contributed by atoms with Crippen molar-refractivity contribution in [3.8, 4) is 0 Å². The first kappa shape index (κ1) is 69.4. The number of rotatable bonds is 31. The Balaban J connectivity index is 3.30. The fraction of sp³-hybridized carbons (Fsp3) is 0.782. The van der Waals surface area contributed by atoms with Crippen LogP contribution < -0.4 is 53.6 Å². The Labute approximate surface area is 458 Å². The minimum Gasteiger partial charge on any atom is -0.390 e. The van der Waals surface area contributed by atoms with E-state index >= 15 is 0 Å². The van der Waals surface area contributed by atoms with Crippen LogP contribution in [0.2, 0.25) is 0 Å². The van der Waals surface area contributed by atoms with Gasteiger partial charge in [-0.15, -0.1) is 0 Å². The van der Waals surface area contributed by atoms with Crippen LogP contribution in [0.4, 0.5) is 0 Å². The summed E-state index contributed by atoms with van der Waals surface area (Å²) >= 11 is 0. The van der Waals surface area contributed by atoms with Crippen LogP contribution in [0.3, 0.4) is 0 Å². The summed E-state index contributed by atoms with van der Waals surface area (Å²) < 4.78 is 0. The fourth-order valence-corrected chi connectivity index (χ4v) is 8.26. The zero-order valence-corrected chi connectivity index (χ0v) is 49.6. The van der Waals surface area contributed by atoms with E-state index in [9.17, 15) is 53.1 Å². The van der Waals surface area contributed by atoms with Crippen molar-refractivity contribution < 1.29 is 53.1 Å². The maximum atomic E-state index is 14.2. The van der Waals surface area contributed by atoms with Crippen molar-refractivity contribution in [2.75, 3.05) is 19.6 Å².